The summed E-state index contributed by atoms with van der Waals surface area (Å²) in [5, 5.41) is 0.558. The van der Waals surface area contributed by atoms with Crippen LogP contribution in [-0.4, -0.2) is 54.9 Å². The molecule has 0 saturated heterocycles. The molecule has 0 aliphatic heterocycles. The van der Waals surface area contributed by atoms with Crippen molar-refractivity contribution in [3.05, 3.63) is 83.1 Å². The molecular weight excluding hydrogens is 538 g/mol. The molecule has 0 saturated carbocycles. The molecule has 2 aromatic carbocycles. The number of likely N-dealkylation sites (N-methyl/N-ethyl adjacent to an activating group) is 1. The average Bonchev–Trinajstić information content (AvgIpc) is 3.27. The summed E-state index contributed by atoms with van der Waals surface area (Å²) in [5.41, 5.74) is 4.00. The molecule has 0 atom stereocenters. The van der Waals surface area contributed by atoms with E-state index < -0.39 is 10.1 Å². The van der Waals surface area contributed by atoms with Gasteiger partial charge in [-0.25, -0.2) is 4.98 Å². The van der Waals surface area contributed by atoms with Crippen LogP contribution in [0.2, 0.25) is 5.02 Å². The lowest BCUT2D eigenvalue weighted by Gasteiger charge is -2.18. The number of halogens is 1. The molecule has 10 heteroatoms. The van der Waals surface area contributed by atoms with Gasteiger partial charge in [-0.1, -0.05) is 29.3 Å². The Hall–Kier alpha value is -3.40. The van der Waals surface area contributed by atoms with E-state index in [1.807, 2.05) is 55.5 Å². The van der Waals surface area contributed by atoms with Gasteiger partial charge in [0.05, 0.1) is 40.9 Å². The van der Waals surface area contributed by atoms with Crippen molar-refractivity contribution in [2.75, 3.05) is 26.3 Å². The summed E-state index contributed by atoms with van der Waals surface area (Å²) in [6.07, 6.45) is 2.37. The number of hydrogen-bond donors (Lipinski definition) is 0. The van der Waals surface area contributed by atoms with E-state index in [2.05, 4.69) is 0 Å². The third kappa shape index (κ3) is 6.98. The van der Waals surface area contributed by atoms with Crippen molar-refractivity contribution < 1.29 is 22.1 Å². The Morgan fingerprint density at radius 1 is 0.974 bits per heavy atom. The van der Waals surface area contributed by atoms with Crippen molar-refractivity contribution in [3.8, 4) is 17.0 Å². The molecule has 0 bridgehead atoms. The molecule has 0 aliphatic carbocycles. The van der Waals surface area contributed by atoms with Gasteiger partial charge in [0.2, 0.25) is 5.91 Å². The van der Waals surface area contributed by atoms with Crippen molar-refractivity contribution in [2.45, 2.75) is 38.5 Å². The van der Waals surface area contributed by atoms with Crippen LogP contribution in [0.25, 0.3) is 16.9 Å². The fourth-order valence-corrected chi connectivity index (χ4v) is 5.30. The van der Waals surface area contributed by atoms with Crippen molar-refractivity contribution in [3.63, 3.8) is 0 Å². The zero-order valence-electron chi connectivity index (χ0n) is 22.3. The second-order valence-electron chi connectivity index (χ2n) is 9.04. The van der Waals surface area contributed by atoms with Crippen molar-refractivity contribution in [1.29, 1.82) is 0 Å². The SMILES string of the molecule is CCN(CC)C(=O)Cc1c(-c2ccc(OCCCOS(=O)(=O)c3ccc(C)cc3)cc2)nc2ccc(Cl)cn12. The van der Waals surface area contributed by atoms with E-state index >= 15 is 0 Å². The molecule has 206 valence electrons. The molecular formula is C29H32ClN3O5S. The molecule has 0 N–H and O–H groups in total. The van der Waals surface area contributed by atoms with Gasteiger partial charge in [0.15, 0.2) is 0 Å². The topological polar surface area (TPSA) is 90.2 Å². The maximum Gasteiger partial charge on any atom is 0.296 e. The minimum absolute atomic E-state index is 0.0159. The molecule has 2 aromatic heterocycles. The summed E-state index contributed by atoms with van der Waals surface area (Å²) in [6, 6.07) is 17.6. The van der Waals surface area contributed by atoms with Gasteiger partial charge in [0.25, 0.3) is 10.1 Å². The van der Waals surface area contributed by atoms with Gasteiger partial charge in [0, 0.05) is 31.3 Å². The number of benzene rings is 2. The van der Waals surface area contributed by atoms with Gasteiger partial charge in [-0.2, -0.15) is 8.42 Å². The first kappa shape index (κ1) is 28.6. The molecule has 8 nitrogen and oxygen atoms in total. The minimum atomic E-state index is -3.79. The van der Waals surface area contributed by atoms with E-state index in [9.17, 15) is 13.2 Å². The number of nitrogens with zero attached hydrogens (tertiary/aromatic N) is 3. The second kappa shape index (κ2) is 12.6. The Bertz CT molecular complexity index is 1530. The van der Waals surface area contributed by atoms with Crippen LogP contribution in [0.1, 0.15) is 31.5 Å². The number of aromatic nitrogens is 2. The molecule has 1 amide bonds. The zero-order chi connectivity index (χ0) is 28.0. The zero-order valence-corrected chi connectivity index (χ0v) is 23.8. The van der Waals surface area contributed by atoms with Crippen LogP contribution < -0.4 is 4.74 Å². The standard InChI is InChI=1S/C29H32ClN3O5S/c1-4-32(5-2)28(34)19-26-29(31-27-16-11-23(30)20-33(26)27)22-9-12-24(13-10-22)37-17-6-18-38-39(35,36)25-14-7-21(3)8-15-25/h7-16,20H,4-6,17-19H2,1-3H3. The Balaban J connectivity index is 1.41. The first-order chi connectivity index (χ1) is 18.7. The molecule has 0 unspecified atom stereocenters. The fourth-order valence-electron chi connectivity index (χ4n) is 4.20. The predicted octanol–water partition coefficient (Wildman–Crippen LogP) is 5.55. The van der Waals surface area contributed by atoms with E-state index in [0.29, 0.717) is 48.2 Å². The first-order valence-electron chi connectivity index (χ1n) is 12.9. The summed E-state index contributed by atoms with van der Waals surface area (Å²) in [7, 11) is -3.79. The lowest BCUT2D eigenvalue weighted by Crippen LogP contribution is -2.32. The number of ether oxygens (including phenoxy) is 1. The van der Waals surface area contributed by atoms with Crippen LogP contribution in [0.5, 0.6) is 5.75 Å². The third-order valence-corrected chi connectivity index (χ3v) is 7.90. The number of aryl methyl sites for hydroxylation is 1. The minimum Gasteiger partial charge on any atom is -0.494 e. The summed E-state index contributed by atoms with van der Waals surface area (Å²) in [5.74, 6) is 0.655. The molecule has 4 rings (SSSR count). The lowest BCUT2D eigenvalue weighted by atomic mass is 10.1. The Morgan fingerprint density at radius 3 is 2.33 bits per heavy atom. The van der Waals surface area contributed by atoms with E-state index in [1.54, 1.807) is 29.3 Å². The third-order valence-electron chi connectivity index (χ3n) is 6.35. The highest BCUT2D eigenvalue weighted by molar-refractivity contribution is 7.86. The van der Waals surface area contributed by atoms with Crippen molar-refractivity contribution in [2.24, 2.45) is 0 Å². The second-order valence-corrected chi connectivity index (χ2v) is 11.1. The number of imidazole rings is 1. The van der Waals surface area contributed by atoms with Crippen LogP contribution in [0.4, 0.5) is 0 Å². The number of amides is 1. The first-order valence-corrected chi connectivity index (χ1v) is 14.6. The largest absolute Gasteiger partial charge is 0.494 e. The number of pyridine rings is 1. The van der Waals surface area contributed by atoms with Gasteiger partial charge in [-0.3, -0.25) is 8.98 Å². The Kier molecular flexibility index (Phi) is 9.27. The van der Waals surface area contributed by atoms with Crippen molar-refractivity contribution in [1.82, 2.24) is 14.3 Å². The number of carbonyl (C=O) groups excluding carboxylic acids is 1. The highest BCUT2D eigenvalue weighted by Gasteiger charge is 2.20. The van der Waals surface area contributed by atoms with Gasteiger partial charge < -0.3 is 14.0 Å². The summed E-state index contributed by atoms with van der Waals surface area (Å²) >= 11 is 6.25. The number of carbonyl (C=O) groups is 1. The van der Waals surface area contributed by atoms with Gasteiger partial charge in [-0.05, 0) is 69.3 Å². The van der Waals surface area contributed by atoms with Gasteiger partial charge in [-0.15, -0.1) is 0 Å². The van der Waals surface area contributed by atoms with E-state index in [0.717, 1.165) is 16.8 Å². The van der Waals surface area contributed by atoms with Crippen LogP contribution in [0.3, 0.4) is 0 Å². The molecule has 0 aliphatic rings. The number of hydrogen-bond acceptors (Lipinski definition) is 6. The van der Waals surface area contributed by atoms with E-state index in [-0.39, 0.29) is 23.8 Å². The highest BCUT2D eigenvalue weighted by Crippen LogP contribution is 2.28. The molecule has 0 fully saturated rings. The maximum absolute atomic E-state index is 13.0. The van der Waals surface area contributed by atoms with Gasteiger partial charge in [0.1, 0.15) is 11.4 Å². The van der Waals surface area contributed by atoms with Crippen LogP contribution in [0.15, 0.2) is 71.8 Å². The van der Waals surface area contributed by atoms with Crippen molar-refractivity contribution >= 4 is 33.3 Å². The fraction of sp³-hybridized carbons (Fsp3) is 0.310. The molecule has 39 heavy (non-hydrogen) atoms. The van der Waals surface area contributed by atoms with E-state index in [1.165, 1.54) is 12.1 Å². The molecule has 2 heterocycles. The van der Waals surface area contributed by atoms with E-state index in [4.69, 9.17) is 25.5 Å². The van der Waals surface area contributed by atoms with Crippen LogP contribution >= 0.6 is 11.6 Å². The summed E-state index contributed by atoms with van der Waals surface area (Å²) in [4.78, 5) is 19.7. The summed E-state index contributed by atoms with van der Waals surface area (Å²) in [6.45, 7) is 7.39. The molecule has 4 aromatic rings. The number of fused-ring (bicyclic) bond motifs is 1. The predicted molar refractivity (Wildman–Crippen MR) is 152 cm³/mol. The summed E-state index contributed by atoms with van der Waals surface area (Å²) < 4.78 is 37.4. The normalized spacial score (nSPS) is 11.6. The maximum atomic E-state index is 13.0. The lowest BCUT2D eigenvalue weighted by molar-refractivity contribution is -0.130. The quantitative estimate of drug-likeness (QED) is 0.164. The van der Waals surface area contributed by atoms with Crippen LogP contribution in [0, 0.1) is 6.92 Å². The number of rotatable bonds is 12. The van der Waals surface area contributed by atoms with Crippen LogP contribution in [-0.2, 0) is 25.5 Å². The molecule has 0 radical (unpaired) electrons. The van der Waals surface area contributed by atoms with Gasteiger partial charge >= 0.3 is 0 Å². The Morgan fingerprint density at radius 2 is 1.67 bits per heavy atom. The monoisotopic (exact) mass is 569 g/mol. The average molecular weight is 570 g/mol. The highest BCUT2D eigenvalue weighted by atomic mass is 35.5. The Labute approximate surface area is 234 Å². The molecule has 0 spiro atoms. The smallest absolute Gasteiger partial charge is 0.296 e.